The first-order chi connectivity index (χ1) is 9.76. The number of likely N-dealkylation sites (tertiary alicyclic amines) is 1. The molecule has 5 nitrogen and oxygen atoms in total. The lowest BCUT2D eigenvalue weighted by Gasteiger charge is -2.35. The van der Waals surface area contributed by atoms with E-state index in [1.54, 1.807) is 11.3 Å². The van der Waals surface area contributed by atoms with E-state index in [-0.39, 0.29) is 0 Å². The van der Waals surface area contributed by atoms with E-state index in [9.17, 15) is 0 Å². The van der Waals surface area contributed by atoms with Crippen molar-refractivity contribution in [2.24, 2.45) is 11.7 Å². The Kier molecular flexibility index (Phi) is 4.14. The lowest BCUT2D eigenvalue weighted by Crippen LogP contribution is -2.46. The Labute approximate surface area is 122 Å². The molecule has 1 fully saturated rings. The van der Waals surface area contributed by atoms with Crippen LogP contribution in [0.2, 0.25) is 0 Å². The van der Waals surface area contributed by atoms with Crippen LogP contribution in [0.15, 0.2) is 21.3 Å². The predicted molar refractivity (Wildman–Crippen MR) is 79.3 cm³/mol. The number of nitrogens with zero attached hydrogens (tertiary/aromatic N) is 3. The highest BCUT2D eigenvalue weighted by molar-refractivity contribution is 7.08. The van der Waals surface area contributed by atoms with Crippen molar-refractivity contribution in [2.75, 3.05) is 13.1 Å². The molecule has 108 valence electrons. The normalized spacial score (nSPS) is 24.1. The van der Waals surface area contributed by atoms with Crippen molar-refractivity contribution in [3.8, 4) is 11.5 Å². The second-order valence-corrected chi connectivity index (χ2v) is 6.16. The zero-order valence-electron chi connectivity index (χ0n) is 11.7. The van der Waals surface area contributed by atoms with Crippen LogP contribution in [0.4, 0.5) is 0 Å². The minimum atomic E-state index is 0.336. The maximum absolute atomic E-state index is 6.14. The summed E-state index contributed by atoms with van der Waals surface area (Å²) in [5.41, 5.74) is 7.14. The average Bonchev–Trinajstić information content (AvgIpc) is 3.11. The molecule has 2 unspecified atom stereocenters. The highest BCUT2D eigenvalue weighted by atomic mass is 32.1. The molecule has 1 saturated heterocycles. The molecule has 0 aliphatic carbocycles. The minimum Gasteiger partial charge on any atom is -0.334 e. The van der Waals surface area contributed by atoms with E-state index >= 15 is 0 Å². The zero-order chi connectivity index (χ0) is 13.9. The number of hydrogen-bond donors (Lipinski definition) is 1. The molecule has 0 radical (unpaired) electrons. The molecule has 0 amide bonds. The van der Waals surface area contributed by atoms with E-state index in [1.165, 1.54) is 0 Å². The molecule has 0 aromatic carbocycles. The largest absolute Gasteiger partial charge is 0.334 e. The Morgan fingerprint density at radius 2 is 2.45 bits per heavy atom. The third-order valence-electron chi connectivity index (χ3n) is 4.00. The summed E-state index contributed by atoms with van der Waals surface area (Å²) in [6.07, 6.45) is 2.18. The Hall–Kier alpha value is -1.24. The molecule has 0 bridgehead atoms. The Balaban J connectivity index is 1.64. The fraction of sp³-hybridized carbons (Fsp3) is 0.571. The Morgan fingerprint density at radius 3 is 3.20 bits per heavy atom. The van der Waals surface area contributed by atoms with Gasteiger partial charge in [-0.3, -0.25) is 4.90 Å². The van der Waals surface area contributed by atoms with Crippen molar-refractivity contribution in [3.05, 3.63) is 22.7 Å². The van der Waals surface area contributed by atoms with Crippen LogP contribution in [-0.4, -0.2) is 34.2 Å². The van der Waals surface area contributed by atoms with Gasteiger partial charge in [0.25, 0.3) is 5.89 Å². The molecule has 20 heavy (non-hydrogen) atoms. The molecular weight excluding hydrogens is 272 g/mol. The van der Waals surface area contributed by atoms with Gasteiger partial charge in [0.05, 0.1) is 12.1 Å². The first-order valence-corrected chi connectivity index (χ1v) is 8.03. The quantitative estimate of drug-likeness (QED) is 0.937. The van der Waals surface area contributed by atoms with Crippen LogP contribution >= 0.6 is 11.3 Å². The maximum atomic E-state index is 6.14. The highest BCUT2D eigenvalue weighted by Crippen LogP contribution is 2.22. The van der Waals surface area contributed by atoms with Gasteiger partial charge >= 0.3 is 0 Å². The summed E-state index contributed by atoms with van der Waals surface area (Å²) in [7, 11) is 0. The lowest BCUT2D eigenvalue weighted by molar-refractivity contribution is 0.141. The van der Waals surface area contributed by atoms with Crippen molar-refractivity contribution in [1.82, 2.24) is 15.0 Å². The fourth-order valence-electron chi connectivity index (χ4n) is 2.72. The first kappa shape index (κ1) is 13.7. The summed E-state index contributed by atoms with van der Waals surface area (Å²) < 4.78 is 5.32. The number of nitrogens with two attached hydrogens (primary N) is 1. The van der Waals surface area contributed by atoms with Crippen LogP contribution in [0.3, 0.4) is 0 Å². The van der Waals surface area contributed by atoms with Crippen LogP contribution in [0.5, 0.6) is 0 Å². The summed E-state index contributed by atoms with van der Waals surface area (Å²) in [4.78, 5) is 6.85. The van der Waals surface area contributed by atoms with E-state index in [4.69, 9.17) is 10.3 Å². The molecule has 2 aromatic heterocycles. The van der Waals surface area contributed by atoms with Crippen molar-refractivity contribution in [3.63, 3.8) is 0 Å². The molecule has 1 aliphatic heterocycles. The van der Waals surface area contributed by atoms with Gasteiger partial charge in [-0.05, 0) is 23.8 Å². The van der Waals surface area contributed by atoms with Crippen LogP contribution < -0.4 is 5.73 Å². The van der Waals surface area contributed by atoms with Gasteiger partial charge in [0, 0.05) is 24.5 Å². The molecule has 0 spiro atoms. The predicted octanol–water partition coefficient (Wildman–Crippen LogP) is 2.36. The molecule has 2 aromatic rings. The summed E-state index contributed by atoms with van der Waals surface area (Å²) in [6.45, 7) is 4.99. The van der Waals surface area contributed by atoms with Crippen LogP contribution in [0.1, 0.15) is 25.6 Å². The molecule has 0 saturated carbocycles. The van der Waals surface area contributed by atoms with Gasteiger partial charge in [-0.15, -0.1) is 0 Å². The number of piperidine rings is 1. The lowest BCUT2D eigenvalue weighted by atomic mass is 9.91. The van der Waals surface area contributed by atoms with Crippen molar-refractivity contribution in [1.29, 1.82) is 0 Å². The number of aromatic nitrogens is 2. The molecular formula is C14H20N4OS. The van der Waals surface area contributed by atoms with E-state index in [0.29, 0.717) is 17.9 Å². The SMILES string of the molecule is CCC1CN(Cc2noc(-c3ccsc3)n2)CCC1N. The van der Waals surface area contributed by atoms with E-state index in [0.717, 1.165) is 43.9 Å². The summed E-state index contributed by atoms with van der Waals surface area (Å²) >= 11 is 1.63. The van der Waals surface area contributed by atoms with Crippen LogP contribution in [0, 0.1) is 5.92 Å². The van der Waals surface area contributed by atoms with E-state index in [2.05, 4.69) is 22.0 Å². The molecule has 2 N–H and O–H groups in total. The summed E-state index contributed by atoms with van der Waals surface area (Å²) in [5.74, 6) is 1.95. The summed E-state index contributed by atoms with van der Waals surface area (Å²) in [5, 5.41) is 8.11. The molecule has 3 rings (SSSR count). The van der Waals surface area contributed by atoms with Crippen LogP contribution in [-0.2, 0) is 6.54 Å². The minimum absolute atomic E-state index is 0.336. The molecule has 6 heteroatoms. The second-order valence-electron chi connectivity index (χ2n) is 5.38. The van der Waals surface area contributed by atoms with E-state index < -0.39 is 0 Å². The number of rotatable bonds is 4. The van der Waals surface area contributed by atoms with Crippen molar-refractivity contribution < 1.29 is 4.52 Å². The number of hydrogen-bond acceptors (Lipinski definition) is 6. The van der Waals surface area contributed by atoms with Gasteiger partial charge in [0.15, 0.2) is 5.82 Å². The fourth-order valence-corrected chi connectivity index (χ4v) is 3.35. The Bertz CT molecular complexity index is 539. The van der Waals surface area contributed by atoms with Crippen LogP contribution in [0.25, 0.3) is 11.5 Å². The zero-order valence-corrected chi connectivity index (χ0v) is 12.5. The van der Waals surface area contributed by atoms with Gasteiger partial charge < -0.3 is 10.3 Å². The second kappa shape index (κ2) is 6.03. The molecule has 2 atom stereocenters. The van der Waals surface area contributed by atoms with Gasteiger partial charge in [-0.25, -0.2) is 0 Å². The van der Waals surface area contributed by atoms with E-state index in [1.807, 2.05) is 16.8 Å². The van der Waals surface area contributed by atoms with Gasteiger partial charge in [0.2, 0.25) is 0 Å². The maximum Gasteiger partial charge on any atom is 0.258 e. The topological polar surface area (TPSA) is 68.2 Å². The van der Waals surface area contributed by atoms with Crippen molar-refractivity contribution >= 4 is 11.3 Å². The third kappa shape index (κ3) is 2.92. The summed E-state index contributed by atoms with van der Waals surface area (Å²) in [6, 6.07) is 2.33. The van der Waals surface area contributed by atoms with Gasteiger partial charge in [-0.2, -0.15) is 16.3 Å². The smallest absolute Gasteiger partial charge is 0.258 e. The average molecular weight is 292 g/mol. The third-order valence-corrected chi connectivity index (χ3v) is 4.69. The van der Waals surface area contributed by atoms with Crippen molar-refractivity contribution in [2.45, 2.75) is 32.4 Å². The molecule has 3 heterocycles. The Morgan fingerprint density at radius 1 is 1.55 bits per heavy atom. The van der Waals surface area contributed by atoms with Gasteiger partial charge in [-0.1, -0.05) is 18.5 Å². The standard InChI is InChI=1S/C14H20N4OS/c1-2-10-7-18(5-3-12(10)15)8-13-16-14(19-17-13)11-4-6-20-9-11/h4,6,9-10,12H,2-3,5,7-8,15H2,1H3. The molecule has 1 aliphatic rings. The first-order valence-electron chi connectivity index (χ1n) is 7.09. The highest BCUT2D eigenvalue weighted by Gasteiger charge is 2.26. The number of thiophene rings is 1. The monoisotopic (exact) mass is 292 g/mol. The van der Waals surface area contributed by atoms with Gasteiger partial charge in [0.1, 0.15) is 0 Å².